The number of ether oxygens (including phenoxy) is 1. The zero-order valence-corrected chi connectivity index (χ0v) is 12.0. The van der Waals surface area contributed by atoms with E-state index in [1.165, 1.54) is 38.6 Å². The molecule has 3 fully saturated rings. The lowest BCUT2D eigenvalue weighted by molar-refractivity contribution is 0.0307. The second-order valence-electron chi connectivity index (χ2n) is 6.75. The number of nitrogens with zero attached hydrogens (tertiary/aromatic N) is 1. The van der Waals surface area contributed by atoms with Gasteiger partial charge in [-0.05, 0) is 39.0 Å². The minimum atomic E-state index is 0.445. The second-order valence-corrected chi connectivity index (χ2v) is 6.75. The normalized spacial score (nSPS) is 38.3. The third-order valence-corrected chi connectivity index (χ3v) is 5.55. The van der Waals surface area contributed by atoms with Crippen molar-refractivity contribution in [3.8, 4) is 0 Å². The van der Waals surface area contributed by atoms with Crippen LogP contribution in [0.25, 0.3) is 0 Å². The molecule has 18 heavy (non-hydrogen) atoms. The smallest absolute Gasteiger partial charge is 0.0509 e. The van der Waals surface area contributed by atoms with Gasteiger partial charge in [-0.25, -0.2) is 0 Å². The molecule has 3 unspecified atom stereocenters. The first-order chi connectivity index (χ1) is 8.70. The van der Waals surface area contributed by atoms with Gasteiger partial charge in [-0.1, -0.05) is 12.8 Å². The molecule has 0 amide bonds. The fourth-order valence-corrected chi connectivity index (χ4v) is 4.18. The molecule has 1 aliphatic carbocycles. The highest BCUT2D eigenvalue weighted by Crippen LogP contribution is 2.35. The fraction of sp³-hybridized carbons (Fsp3) is 1.00. The summed E-state index contributed by atoms with van der Waals surface area (Å²) in [5.74, 6) is 0.754. The van der Waals surface area contributed by atoms with Crippen LogP contribution >= 0.6 is 0 Å². The molecule has 0 radical (unpaired) electrons. The summed E-state index contributed by atoms with van der Waals surface area (Å²) in [6, 6.07) is 1.36. The lowest BCUT2D eigenvalue weighted by atomic mass is 9.89. The zero-order chi connectivity index (χ0) is 12.6. The van der Waals surface area contributed by atoms with Crippen molar-refractivity contribution in [1.29, 1.82) is 0 Å². The number of hydrogen-bond acceptors (Lipinski definition) is 3. The van der Waals surface area contributed by atoms with Gasteiger partial charge in [0, 0.05) is 37.3 Å². The van der Waals surface area contributed by atoms with Crippen LogP contribution in [0.3, 0.4) is 0 Å². The van der Waals surface area contributed by atoms with E-state index in [1.54, 1.807) is 0 Å². The summed E-state index contributed by atoms with van der Waals surface area (Å²) in [4.78, 5) is 2.77. The first-order valence-electron chi connectivity index (χ1n) is 7.79. The van der Waals surface area contributed by atoms with Crippen LogP contribution < -0.4 is 5.32 Å². The van der Waals surface area contributed by atoms with Gasteiger partial charge in [0.25, 0.3) is 0 Å². The SMILES string of the molecule is CC1CNC2(CCCC2)CN1C(C)C1CCOC1. The van der Waals surface area contributed by atoms with E-state index >= 15 is 0 Å². The highest BCUT2D eigenvalue weighted by Gasteiger charge is 2.42. The molecule has 1 N–H and O–H groups in total. The van der Waals surface area contributed by atoms with Crippen molar-refractivity contribution in [1.82, 2.24) is 10.2 Å². The van der Waals surface area contributed by atoms with Crippen LogP contribution in [-0.2, 0) is 4.74 Å². The molecule has 3 nitrogen and oxygen atoms in total. The van der Waals surface area contributed by atoms with Gasteiger partial charge in [0.2, 0.25) is 0 Å². The van der Waals surface area contributed by atoms with E-state index in [-0.39, 0.29) is 0 Å². The quantitative estimate of drug-likeness (QED) is 0.814. The largest absolute Gasteiger partial charge is 0.381 e. The molecule has 2 aliphatic heterocycles. The maximum Gasteiger partial charge on any atom is 0.0509 e. The van der Waals surface area contributed by atoms with E-state index in [0.29, 0.717) is 17.6 Å². The van der Waals surface area contributed by atoms with E-state index in [9.17, 15) is 0 Å². The van der Waals surface area contributed by atoms with Gasteiger partial charge in [-0.2, -0.15) is 0 Å². The average Bonchev–Trinajstić information content (AvgIpc) is 3.04. The fourth-order valence-electron chi connectivity index (χ4n) is 4.18. The van der Waals surface area contributed by atoms with Gasteiger partial charge >= 0.3 is 0 Å². The van der Waals surface area contributed by atoms with Gasteiger partial charge in [-0.3, -0.25) is 4.90 Å². The second kappa shape index (κ2) is 5.10. The Morgan fingerprint density at radius 3 is 2.78 bits per heavy atom. The Hall–Kier alpha value is -0.120. The van der Waals surface area contributed by atoms with Crippen molar-refractivity contribution in [3.05, 3.63) is 0 Å². The number of piperazine rings is 1. The zero-order valence-electron chi connectivity index (χ0n) is 12.0. The molecular weight excluding hydrogens is 224 g/mol. The molecule has 0 bridgehead atoms. The Balaban J connectivity index is 1.68. The lowest BCUT2D eigenvalue weighted by Gasteiger charge is -2.49. The summed E-state index contributed by atoms with van der Waals surface area (Å²) in [5.41, 5.74) is 0.445. The Morgan fingerprint density at radius 2 is 2.11 bits per heavy atom. The Bertz CT molecular complexity index is 282. The Labute approximate surface area is 111 Å². The van der Waals surface area contributed by atoms with Crippen molar-refractivity contribution < 1.29 is 4.74 Å². The Morgan fingerprint density at radius 1 is 1.33 bits per heavy atom. The maximum atomic E-state index is 5.58. The van der Waals surface area contributed by atoms with E-state index in [2.05, 4.69) is 24.1 Å². The summed E-state index contributed by atoms with van der Waals surface area (Å²) < 4.78 is 5.58. The third kappa shape index (κ3) is 2.33. The molecule has 3 heteroatoms. The van der Waals surface area contributed by atoms with Gasteiger partial charge < -0.3 is 10.1 Å². The predicted molar refractivity (Wildman–Crippen MR) is 73.8 cm³/mol. The summed E-state index contributed by atoms with van der Waals surface area (Å²) in [7, 11) is 0. The van der Waals surface area contributed by atoms with Crippen LogP contribution in [0.2, 0.25) is 0 Å². The van der Waals surface area contributed by atoms with Crippen LogP contribution in [0.1, 0.15) is 46.0 Å². The number of nitrogens with one attached hydrogen (secondary N) is 1. The first kappa shape index (κ1) is 12.9. The predicted octanol–water partition coefficient (Wildman–Crippen LogP) is 2.02. The van der Waals surface area contributed by atoms with E-state index in [4.69, 9.17) is 4.74 Å². The molecule has 3 aliphatic rings. The molecule has 3 atom stereocenters. The molecular formula is C15H28N2O. The highest BCUT2D eigenvalue weighted by molar-refractivity contribution is 5.01. The minimum absolute atomic E-state index is 0.445. The van der Waals surface area contributed by atoms with Gasteiger partial charge in [0.05, 0.1) is 6.61 Å². The summed E-state index contributed by atoms with van der Waals surface area (Å²) in [6.45, 7) is 9.17. The van der Waals surface area contributed by atoms with Crippen LogP contribution in [-0.4, -0.2) is 48.8 Å². The van der Waals surface area contributed by atoms with Crippen molar-refractivity contribution in [3.63, 3.8) is 0 Å². The topological polar surface area (TPSA) is 24.5 Å². The van der Waals surface area contributed by atoms with Crippen LogP contribution in [0, 0.1) is 5.92 Å². The molecule has 1 saturated carbocycles. The highest BCUT2D eigenvalue weighted by atomic mass is 16.5. The van der Waals surface area contributed by atoms with Crippen LogP contribution in [0.4, 0.5) is 0 Å². The number of rotatable bonds is 2. The van der Waals surface area contributed by atoms with Crippen molar-refractivity contribution in [2.45, 2.75) is 63.6 Å². The molecule has 104 valence electrons. The minimum Gasteiger partial charge on any atom is -0.381 e. The standard InChI is InChI=1S/C15H28N2O/c1-12-9-16-15(6-3-4-7-15)11-17(12)13(2)14-5-8-18-10-14/h12-14,16H,3-11H2,1-2H3. The summed E-state index contributed by atoms with van der Waals surface area (Å²) >= 11 is 0. The monoisotopic (exact) mass is 252 g/mol. The average molecular weight is 252 g/mol. The molecule has 0 aromatic rings. The van der Waals surface area contributed by atoms with Crippen molar-refractivity contribution >= 4 is 0 Å². The Kier molecular flexibility index (Phi) is 3.65. The van der Waals surface area contributed by atoms with Crippen LogP contribution in [0.15, 0.2) is 0 Å². The number of hydrogen-bond donors (Lipinski definition) is 1. The van der Waals surface area contributed by atoms with Crippen molar-refractivity contribution in [2.75, 3.05) is 26.3 Å². The molecule has 2 heterocycles. The van der Waals surface area contributed by atoms with Gasteiger partial charge in [0.1, 0.15) is 0 Å². The van der Waals surface area contributed by atoms with Gasteiger partial charge in [-0.15, -0.1) is 0 Å². The maximum absolute atomic E-state index is 5.58. The third-order valence-electron chi connectivity index (χ3n) is 5.55. The summed E-state index contributed by atoms with van der Waals surface area (Å²) in [6.07, 6.45) is 6.84. The molecule has 2 saturated heterocycles. The molecule has 3 rings (SSSR count). The summed E-state index contributed by atoms with van der Waals surface area (Å²) in [5, 5.41) is 3.85. The van der Waals surface area contributed by atoms with E-state index < -0.39 is 0 Å². The molecule has 1 spiro atoms. The van der Waals surface area contributed by atoms with E-state index in [0.717, 1.165) is 25.7 Å². The molecule has 0 aromatic carbocycles. The van der Waals surface area contributed by atoms with Crippen LogP contribution in [0.5, 0.6) is 0 Å². The first-order valence-corrected chi connectivity index (χ1v) is 7.79. The lowest BCUT2D eigenvalue weighted by Crippen LogP contribution is -2.65. The van der Waals surface area contributed by atoms with Gasteiger partial charge in [0.15, 0.2) is 0 Å². The van der Waals surface area contributed by atoms with E-state index in [1.807, 2.05) is 0 Å². The van der Waals surface area contributed by atoms with Crippen molar-refractivity contribution in [2.24, 2.45) is 5.92 Å². The molecule has 0 aromatic heterocycles.